The van der Waals surface area contributed by atoms with Gasteiger partial charge in [0.2, 0.25) is 0 Å². The average Bonchev–Trinajstić information content (AvgIpc) is 2.81. The van der Waals surface area contributed by atoms with Crippen molar-refractivity contribution in [1.82, 2.24) is 9.55 Å². The van der Waals surface area contributed by atoms with Crippen LogP contribution in [0.1, 0.15) is 11.4 Å². The van der Waals surface area contributed by atoms with Crippen LogP contribution in [0.3, 0.4) is 0 Å². The van der Waals surface area contributed by atoms with E-state index in [2.05, 4.69) is 26.6 Å². The molecule has 1 aromatic carbocycles. The van der Waals surface area contributed by atoms with E-state index in [9.17, 15) is 0 Å². The number of aromatic nitrogens is 2. The van der Waals surface area contributed by atoms with Gasteiger partial charge >= 0.3 is 0 Å². The fourth-order valence-electron chi connectivity index (χ4n) is 2.36. The van der Waals surface area contributed by atoms with Crippen LogP contribution in [0, 0.1) is 0 Å². The molecule has 0 spiro atoms. The molecule has 2 aromatic rings. The van der Waals surface area contributed by atoms with E-state index in [4.69, 9.17) is 17.3 Å². The number of imidazole rings is 1. The zero-order valence-electron chi connectivity index (χ0n) is 10.0. The smallest absolute Gasteiger partial charge is 0.0953 e. The molecule has 0 saturated heterocycles. The minimum absolute atomic E-state index is 0.497. The molecular weight excluding hydrogens is 248 g/mol. The van der Waals surface area contributed by atoms with Gasteiger partial charge in [0.1, 0.15) is 0 Å². The summed E-state index contributed by atoms with van der Waals surface area (Å²) >= 11 is 5.91. The summed E-state index contributed by atoms with van der Waals surface area (Å²) in [5, 5.41) is 0.767. The maximum absolute atomic E-state index is 5.91. The Kier molecular flexibility index (Phi) is 2.97. The van der Waals surface area contributed by atoms with E-state index < -0.39 is 0 Å². The van der Waals surface area contributed by atoms with Crippen LogP contribution in [0.15, 0.2) is 30.6 Å². The van der Waals surface area contributed by atoms with Crippen molar-refractivity contribution >= 4 is 17.3 Å². The number of nitrogens with zero attached hydrogens (tertiary/aromatic N) is 3. The first kappa shape index (κ1) is 11.6. The van der Waals surface area contributed by atoms with E-state index in [1.807, 2.05) is 18.5 Å². The SMILES string of the molecule is NCc1ncn2c1CN(c1ccc(Cl)cc1)CC2. The lowest BCUT2D eigenvalue weighted by atomic mass is 10.2. The molecule has 0 radical (unpaired) electrons. The van der Waals surface area contributed by atoms with Crippen LogP contribution < -0.4 is 10.6 Å². The molecule has 0 amide bonds. The highest BCUT2D eigenvalue weighted by Gasteiger charge is 2.19. The fraction of sp³-hybridized carbons (Fsp3) is 0.308. The number of hydrogen-bond donors (Lipinski definition) is 1. The molecule has 0 aliphatic carbocycles. The second kappa shape index (κ2) is 4.63. The number of anilines is 1. The normalized spacial score (nSPS) is 14.7. The summed E-state index contributed by atoms with van der Waals surface area (Å²) in [5.74, 6) is 0. The Morgan fingerprint density at radius 1 is 1.22 bits per heavy atom. The molecule has 0 saturated carbocycles. The number of nitrogens with two attached hydrogens (primary N) is 1. The molecule has 5 heteroatoms. The Morgan fingerprint density at radius 3 is 2.72 bits per heavy atom. The largest absolute Gasteiger partial charge is 0.364 e. The van der Waals surface area contributed by atoms with Crippen LogP contribution in [0.4, 0.5) is 5.69 Å². The van der Waals surface area contributed by atoms with Crippen LogP contribution in [0.25, 0.3) is 0 Å². The number of rotatable bonds is 2. The lowest BCUT2D eigenvalue weighted by Gasteiger charge is -2.30. The summed E-state index contributed by atoms with van der Waals surface area (Å²) in [6, 6.07) is 7.95. The van der Waals surface area contributed by atoms with Gasteiger partial charge in [-0.25, -0.2) is 4.98 Å². The zero-order valence-corrected chi connectivity index (χ0v) is 10.8. The maximum Gasteiger partial charge on any atom is 0.0953 e. The summed E-state index contributed by atoms with van der Waals surface area (Å²) in [6.07, 6.45) is 1.89. The van der Waals surface area contributed by atoms with Crippen molar-refractivity contribution in [2.75, 3.05) is 11.4 Å². The molecule has 18 heavy (non-hydrogen) atoms. The zero-order chi connectivity index (χ0) is 12.5. The average molecular weight is 263 g/mol. The molecule has 1 aliphatic rings. The molecule has 0 unspecified atom stereocenters. The molecule has 2 heterocycles. The summed E-state index contributed by atoms with van der Waals surface area (Å²) in [7, 11) is 0. The first-order valence-corrected chi connectivity index (χ1v) is 6.39. The van der Waals surface area contributed by atoms with Gasteiger partial charge in [0.05, 0.1) is 24.3 Å². The molecule has 0 bridgehead atoms. The predicted molar refractivity (Wildman–Crippen MR) is 72.6 cm³/mol. The highest BCUT2D eigenvalue weighted by molar-refractivity contribution is 6.30. The van der Waals surface area contributed by atoms with Crippen molar-refractivity contribution in [2.24, 2.45) is 5.73 Å². The Hall–Kier alpha value is -1.52. The number of halogens is 1. The van der Waals surface area contributed by atoms with Crippen molar-refractivity contribution in [1.29, 1.82) is 0 Å². The van der Waals surface area contributed by atoms with Crippen LogP contribution in [0.5, 0.6) is 0 Å². The lowest BCUT2D eigenvalue weighted by Crippen LogP contribution is -2.33. The second-order valence-electron chi connectivity index (χ2n) is 4.43. The first-order chi connectivity index (χ1) is 8.78. The van der Waals surface area contributed by atoms with Gasteiger partial charge in [-0.1, -0.05) is 11.6 Å². The van der Waals surface area contributed by atoms with E-state index >= 15 is 0 Å². The molecule has 0 atom stereocenters. The van der Waals surface area contributed by atoms with Gasteiger partial charge in [-0.2, -0.15) is 0 Å². The van der Waals surface area contributed by atoms with E-state index in [0.29, 0.717) is 6.54 Å². The molecule has 2 N–H and O–H groups in total. The lowest BCUT2D eigenvalue weighted by molar-refractivity contribution is 0.568. The van der Waals surface area contributed by atoms with Crippen LogP contribution >= 0.6 is 11.6 Å². The topological polar surface area (TPSA) is 47.1 Å². The molecule has 3 rings (SSSR count). The third kappa shape index (κ3) is 1.98. The van der Waals surface area contributed by atoms with Gasteiger partial charge in [0.25, 0.3) is 0 Å². The van der Waals surface area contributed by atoms with Gasteiger partial charge < -0.3 is 15.2 Å². The van der Waals surface area contributed by atoms with Crippen molar-refractivity contribution in [2.45, 2.75) is 19.6 Å². The summed E-state index contributed by atoms with van der Waals surface area (Å²) in [5.41, 5.74) is 9.12. The van der Waals surface area contributed by atoms with Gasteiger partial charge in [-0.15, -0.1) is 0 Å². The third-order valence-corrected chi connectivity index (χ3v) is 3.62. The molecule has 0 fully saturated rings. The minimum atomic E-state index is 0.497. The molecule has 1 aliphatic heterocycles. The minimum Gasteiger partial charge on any atom is -0.364 e. The maximum atomic E-state index is 5.91. The molecular formula is C13H15ClN4. The molecule has 4 nitrogen and oxygen atoms in total. The Balaban J connectivity index is 1.87. The van der Waals surface area contributed by atoms with E-state index in [-0.39, 0.29) is 0 Å². The third-order valence-electron chi connectivity index (χ3n) is 3.37. The first-order valence-electron chi connectivity index (χ1n) is 6.01. The predicted octanol–water partition coefficient (Wildman–Crippen LogP) is 2.02. The van der Waals surface area contributed by atoms with Crippen LogP contribution in [0.2, 0.25) is 5.02 Å². The number of fused-ring (bicyclic) bond motifs is 1. The Labute approximate surface area is 111 Å². The standard InChI is InChI=1S/C13H15ClN4/c14-10-1-3-11(4-2-10)17-5-6-18-9-16-12(7-15)13(18)8-17/h1-4,9H,5-8,15H2. The van der Waals surface area contributed by atoms with Gasteiger partial charge in [0, 0.05) is 30.3 Å². The van der Waals surface area contributed by atoms with E-state index in [1.54, 1.807) is 0 Å². The second-order valence-corrected chi connectivity index (χ2v) is 4.87. The highest BCUT2D eigenvalue weighted by atomic mass is 35.5. The number of hydrogen-bond acceptors (Lipinski definition) is 3. The Morgan fingerprint density at radius 2 is 2.00 bits per heavy atom. The van der Waals surface area contributed by atoms with Gasteiger partial charge in [0.15, 0.2) is 0 Å². The Bertz CT molecular complexity index is 533. The van der Waals surface area contributed by atoms with Gasteiger partial charge in [-0.3, -0.25) is 0 Å². The summed E-state index contributed by atoms with van der Waals surface area (Å²) < 4.78 is 2.19. The fourth-order valence-corrected chi connectivity index (χ4v) is 2.48. The summed E-state index contributed by atoms with van der Waals surface area (Å²) in [6.45, 7) is 3.28. The van der Waals surface area contributed by atoms with Crippen molar-refractivity contribution in [3.05, 3.63) is 47.0 Å². The van der Waals surface area contributed by atoms with E-state index in [1.165, 1.54) is 11.4 Å². The van der Waals surface area contributed by atoms with Crippen LogP contribution in [-0.4, -0.2) is 16.1 Å². The van der Waals surface area contributed by atoms with Gasteiger partial charge in [-0.05, 0) is 24.3 Å². The highest BCUT2D eigenvalue weighted by Crippen LogP contribution is 2.23. The number of benzene rings is 1. The molecule has 94 valence electrons. The van der Waals surface area contributed by atoms with Crippen molar-refractivity contribution in [3.63, 3.8) is 0 Å². The summed E-state index contributed by atoms with van der Waals surface area (Å²) in [4.78, 5) is 6.67. The van der Waals surface area contributed by atoms with Crippen molar-refractivity contribution in [3.8, 4) is 0 Å². The van der Waals surface area contributed by atoms with Crippen LogP contribution in [-0.2, 0) is 19.6 Å². The monoisotopic (exact) mass is 262 g/mol. The quantitative estimate of drug-likeness (QED) is 0.901. The molecule has 1 aromatic heterocycles. The van der Waals surface area contributed by atoms with Crippen molar-refractivity contribution < 1.29 is 0 Å². The van der Waals surface area contributed by atoms with E-state index in [0.717, 1.165) is 30.4 Å².